The molecular formula is C15H19ClN6O. The number of likely N-dealkylation sites (N-methyl/N-ethyl adjacent to an activating group) is 1. The highest BCUT2D eigenvalue weighted by atomic mass is 35.5. The number of nitrogens with two attached hydrogens (primary N) is 1. The Morgan fingerprint density at radius 2 is 1.91 bits per heavy atom. The number of ether oxygens (including phenoxy) is 1. The molecular weight excluding hydrogens is 316 g/mol. The van der Waals surface area contributed by atoms with Gasteiger partial charge in [0.15, 0.2) is 0 Å². The Morgan fingerprint density at radius 1 is 1.17 bits per heavy atom. The molecule has 8 heteroatoms. The normalized spacial score (nSPS) is 15.7. The first-order valence-electron chi connectivity index (χ1n) is 7.35. The molecule has 0 radical (unpaired) electrons. The van der Waals surface area contributed by atoms with Gasteiger partial charge in [-0.2, -0.15) is 4.98 Å². The fourth-order valence-corrected chi connectivity index (χ4v) is 2.72. The molecule has 0 amide bonds. The summed E-state index contributed by atoms with van der Waals surface area (Å²) in [5, 5.41) is 0.494. The van der Waals surface area contributed by atoms with Crippen LogP contribution in [-0.2, 0) is 0 Å². The number of anilines is 2. The lowest BCUT2D eigenvalue weighted by molar-refractivity contribution is 0.312. The minimum Gasteiger partial charge on any atom is -0.481 e. The number of hydrogen-bond acceptors (Lipinski definition) is 7. The first-order valence-corrected chi connectivity index (χ1v) is 7.72. The molecule has 0 aromatic carbocycles. The monoisotopic (exact) mass is 334 g/mol. The van der Waals surface area contributed by atoms with Crippen LogP contribution in [0.3, 0.4) is 0 Å². The zero-order chi connectivity index (χ0) is 16.4. The van der Waals surface area contributed by atoms with Gasteiger partial charge in [0.25, 0.3) is 0 Å². The summed E-state index contributed by atoms with van der Waals surface area (Å²) in [5.74, 6) is 1.51. The van der Waals surface area contributed by atoms with E-state index in [0.717, 1.165) is 37.6 Å². The fourth-order valence-electron chi connectivity index (χ4n) is 2.52. The number of halogens is 1. The van der Waals surface area contributed by atoms with Gasteiger partial charge in [-0.1, -0.05) is 11.6 Å². The molecule has 122 valence electrons. The van der Waals surface area contributed by atoms with Crippen LogP contribution in [-0.4, -0.2) is 60.2 Å². The summed E-state index contributed by atoms with van der Waals surface area (Å²) < 4.78 is 5.16. The summed E-state index contributed by atoms with van der Waals surface area (Å²) in [5.41, 5.74) is 7.29. The molecule has 0 saturated carbocycles. The van der Waals surface area contributed by atoms with Gasteiger partial charge in [-0.05, 0) is 7.05 Å². The lowest BCUT2D eigenvalue weighted by Crippen LogP contribution is -2.44. The van der Waals surface area contributed by atoms with Crippen molar-refractivity contribution in [3.63, 3.8) is 0 Å². The van der Waals surface area contributed by atoms with Gasteiger partial charge >= 0.3 is 0 Å². The van der Waals surface area contributed by atoms with Crippen molar-refractivity contribution in [1.82, 2.24) is 19.9 Å². The molecule has 2 aromatic rings. The van der Waals surface area contributed by atoms with Crippen molar-refractivity contribution in [2.24, 2.45) is 0 Å². The molecule has 1 aliphatic rings. The molecule has 0 spiro atoms. The molecule has 0 bridgehead atoms. The minimum atomic E-state index is 0.225. The molecule has 2 aromatic heterocycles. The van der Waals surface area contributed by atoms with E-state index >= 15 is 0 Å². The smallest absolute Gasteiger partial charge is 0.222 e. The van der Waals surface area contributed by atoms with Crippen LogP contribution in [0.1, 0.15) is 0 Å². The van der Waals surface area contributed by atoms with Crippen LogP contribution in [0.25, 0.3) is 11.3 Å². The van der Waals surface area contributed by atoms with E-state index in [2.05, 4.69) is 31.8 Å². The highest BCUT2D eigenvalue weighted by Crippen LogP contribution is 2.31. The number of methoxy groups -OCH3 is 1. The topological polar surface area (TPSA) is 80.4 Å². The second-order valence-electron chi connectivity index (χ2n) is 5.47. The van der Waals surface area contributed by atoms with Gasteiger partial charge in [0.2, 0.25) is 11.8 Å². The lowest BCUT2D eigenvalue weighted by Gasteiger charge is -2.33. The number of aromatic nitrogens is 3. The fraction of sp³-hybridized carbons (Fsp3) is 0.400. The van der Waals surface area contributed by atoms with Gasteiger partial charge in [-0.3, -0.25) is 0 Å². The maximum atomic E-state index is 6.26. The SMILES string of the molecule is COc1cc(-c2cc(N3CCN(C)CC3)nc(N)n2)c(Cl)cn1. The van der Waals surface area contributed by atoms with Crippen LogP contribution in [0, 0.1) is 0 Å². The predicted molar refractivity (Wildman–Crippen MR) is 90.9 cm³/mol. The predicted octanol–water partition coefficient (Wildman–Crippen LogP) is 1.53. The third-order valence-electron chi connectivity index (χ3n) is 3.87. The first-order chi connectivity index (χ1) is 11.1. The van der Waals surface area contributed by atoms with Crippen LogP contribution in [0.2, 0.25) is 5.02 Å². The molecule has 1 aliphatic heterocycles. The first kappa shape index (κ1) is 15.8. The molecule has 0 aliphatic carbocycles. The summed E-state index contributed by atoms with van der Waals surface area (Å²) >= 11 is 6.26. The molecule has 1 saturated heterocycles. The second-order valence-corrected chi connectivity index (χ2v) is 5.87. The van der Waals surface area contributed by atoms with Crippen LogP contribution in [0.5, 0.6) is 5.88 Å². The average molecular weight is 335 g/mol. The molecule has 3 heterocycles. The van der Waals surface area contributed by atoms with E-state index < -0.39 is 0 Å². The van der Waals surface area contributed by atoms with E-state index in [1.54, 1.807) is 19.4 Å². The van der Waals surface area contributed by atoms with Gasteiger partial charge in [0, 0.05) is 43.9 Å². The number of nitrogens with zero attached hydrogens (tertiary/aromatic N) is 5. The van der Waals surface area contributed by atoms with Gasteiger partial charge in [0.05, 0.1) is 24.0 Å². The van der Waals surface area contributed by atoms with Crippen molar-refractivity contribution in [2.45, 2.75) is 0 Å². The second kappa shape index (κ2) is 6.55. The Bertz CT molecular complexity index is 702. The summed E-state index contributed by atoms with van der Waals surface area (Å²) in [6.07, 6.45) is 1.55. The number of pyridine rings is 1. The summed E-state index contributed by atoms with van der Waals surface area (Å²) in [6.45, 7) is 3.78. The quantitative estimate of drug-likeness (QED) is 0.911. The molecule has 0 unspecified atom stereocenters. The van der Waals surface area contributed by atoms with E-state index in [1.165, 1.54) is 0 Å². The van der Waals surface area contributed by atoms with Crippen molar-refractivity contribution < 1.29 is 4.74 Å². The van der Waals surface area contributed by atoms with Gasteiger partial charge in [-0.15, -0.1) is 0 Å². The summed E-state index contributed by atoms with van der Waals surface area (Å²) in [4.78, 5) is 17.2. The molecule has 2 N–H and O–H groups in total. The maximum Gasteiger partial charge on any atom is 0.222 e. The Labute approximate surface area is 140 Å². The van der Waals surface area contributed by atoms with Crippen LogP contribution < -0.4 is 15.4 Å². The van der Waals surface area contributed by atoms with Gasteiger partial charge in [0.1, 0.15) is 5.82 Å². The van der Waals surface area contributed by atoms with Crippen molar-refractivity contribution in [2.75, 3.05) is 51.0 Å². The van der Waals surface area contributed by atoms with E-state index in [1.807, 2.05) is 6.07 Å². The lowest BCUT2D eigenvalue weighted by atomic mass is 10.2. The third-order valence-corrected chi connectivity index (χ3v) is 4.17. The number of nitrogen functional groups attached to an aromatic ring is 1. The standard InChI is InChI=1S/C15H19ClN6O/c1-21-3-5-22(6-4-21)13-8-12(19-15(17)20-13)10-7-14(23-2)18-9-11(10)16/h7-9H,3-6H2,1-2H3,(H2,17,19,20). The summed E-state index contributed by atoms with van der Waals surface area (Å²) in [7, 11) is 3.67. The van der Waals surface area contributed by atoms with Gasteiger partial charge < -0.3 is 20.3 Å². The van der Waals surface area contributed by atoms with Crippen molar-refractivity contribution >= 4 is 23.4 Å². The van der Waals surface area contributed by atoms with E-state index in [9.17, 15) is 0 Å². The molecule has 1 fully saturated rings. The van der Waals surface area contributed by atoms with E-state index in [-0.39, 0.29) is 5.95 Å². The average Bonchev–Trinajstić information content (AvgIpc) is 2.55. The molecule has 23 heavy (non-hydrogen) atoms. The van der Waals surface area contributed by atoms with Gasteiger partial charge in [-0.25, -0.2) is 9.97 Å². The largest absolute Gasteiger partial charge is 0.481 e. The number of piperazine rings is 1. The number of rotatable bonds is 3. The van der Waals surface area contributed by atoms with Crippen LogP contribution in [0.4, 0.5) is 11.8 Å². The van der Waals surface area contributed by atoms with E-state index in [0.29, 0.717) is 16.6 Å². The van der Waals surface area contributed by atoms with Crippen molar-refractivity contribution in [1.29, 1.82) is 0 Å². The minimum absolute atomic E-state index is 0.225. The Hall–Kier alpha value is -2.12. The zero-order valence-electron chi connectivity index (χ0n) is 13.2. The molecule has 3 rings (SSSR count). The van der Waals surface area contributed by atoms with Crippen molar-refractivity contribution in [3.8, 4) is 17.1 Å². The Morgan fingerprint density at radius 3 is 2.61 bits per heavy atom. The molecule has 7 nitrogen and oxygen atoms in total. The van der Waals surface area contributed by atoms with Crippen LogP contribution in [0.15, 0.2) is 18.3 Å². The Balaban J connectivity index is 1.97. The highest BCUT2D eigenvalue weighted by molar-refractivity contribution is 6.33. The van der Waals surface area contributed by atoms with Crippen LogP contribution >= 0.6 is 11.6 Å². The van der Waals surface area contributed by atoms with E-state index in [4.69, 9.17) is 22.1 Å². The maximum absolute atomic E-state index is 6.26. The van der Waals surface area contributed by atoms with Crippen molar-refractivity contribution in [3.05, 3.63) is 23.4 Å². The number of hydrogen-bond donors (Lipinski definition) is 1. The highest BCUT2D eigenvalue weighted by Gasteiger charge is 2.18. The summed E-state index contributed by atoms with van der Waals surface area (Å²) in [6, 6.07) is 3.65. The zero-order valence-corrected chi connectivity index (χ0v) is 13.9. The Kier molecular flexibility index (Phi) is 4.49. The third kappa shape index (κ3) is 3.46. The molecule has 0 atom stereocenters.